The summed E-state index contributed by atoms with van der Waals surface area (Å²) in [6.45, 7) is -0.472. The lowest BCUT2D eigenvalue weighted by Crippen LogP contribution is -2.32. The van der Waals surface area contributed by atoms with E-state index in [2.05, 4.69) is 15.8 Å². The van der Waals surface area contributed by atoms with E-state index >= 15 is 0 Å². The van der Waals surface area contributed by atoms with Crippen molar-refractivity contribution in [1.29, 1.82) is 0 Å². The van der Waals surface area contributed by atoms with Gasteiger partial charge in [-0.05, 0) is 12.1 Å². The van der Waals surface area contributed by atoms with E-state index in [1.165, 1.54) is 14.2 Å². The second kappa shape index (κ2) is 7.95. The van der Waals surface area contributed by atoms with Gasteiger partial charge < -0.3 is 19.5 Å². The standard InChI is InChI=1S/C15H17N3O6/c1-22-11-5-3-9(7-12(11)23-2)16-14(20)8-24-15(21)10-4-6-13(19)18-17-10/h3,5,7H,4,6,8H2,1-2H3,(H,16,20)(H,18,19). The number of amides is 2. The van der Waals surface area contributed by atoms with Crippen LogP contribution in [-0.2, 0) is 19.1 Å². The molecule has 9 nitrogen and oxygen atoms in total. The minimum absolute atomic E-state index is 0.0773. The highest BCUT2D eigenvalue weighted by Crippen LogP contribution is 2.29. The Balaban J connectivity index is 1.87. The van der Waals surface area contributed by atoms with Gasteiger partial charge in [0, 0.05) is 24.6 Å². The summed E-state index contributed by atoms with van der Waals surface area (Å²) in [6, 6.07) is 4.85. The Hall–Kier alpha value is -3.10. The molecule has 0 bridgehead atoms. The monoisotopic (exact) mass is 335 g/mol. The smallest absolute Gasteiger partial charge is 0.355 e. The first-order valence-corrected chi connectivity index (χ1v) is 7.08. The van der Waals surface area contributed by atoms with Crippen LogP contribution >= 0.6 is 0 Å². The van der Waals surface area contributed by atoms with Crippen LogP contribution in [0.15, 0.2) is 23.3 Å². The van der Waals surface area contributed by atoms with Crippen LogP contribution in [0, 0.1) is 0 Å². The summed E-state index contributed by atoms with van der Waals surface area (Å²) in [4.78, 5) is 34.5. The molecule has 0 radical (unpaired) electrons. The molecule has 0 aromatic heterocycles. The van der Waals surface area contributed by atoms with Gasteiger partial charge >= 0.3 is 5.97 Å². The van der Waals surface area contributed by atoms with Gasteiger partial charge in [-0.3, -0.25) is 9.59 Å². The van der Waals surface area contributed by atoms with Crippen LogP contribution < -0.4 is 20.2 Å². The van der Waals surface area contributed by atoms with Crippen molar-refractivity contribution in [2.75, 3.05) is 26.1 Å². The second-order valence-electron chi connectivity index (χ2n) is 4.79. The largest absolute Gasteiger partial charge is 0.493 e. The van der Waals surface area contributed by atoms with Crippen molar-refractivity contribution in [2.24, 2.45) is 5.10 Å². The van der Waals surface area contributed by atoms with E-state index in [4.69, 9.17) is 14.2 Å². The number of carbonyl (C=O) groups excluding carboxylic acids is 3. The first-order chi connectivity index (χ1) is 11.5. The number of ether oxygens (including phenoxy) is 3. The number of nitrogens with zero attached hydrogens (tertiary/aromatic N) is 1. The Morgan fingerprint density at radius 3 is 2.58 bits per heavy atom. The van der Waals surface area contributed by atoms with Crippen LogP contribution in [0.3, 0.4) is 0 Å². The Labute approximate surface area is 138 Å². The molecule has 1 aliphatic heterocycles. The van der Waals surface area contributed by atoms with Gasteiger partial charge in [-0.2, -0.15) is 5.10 Å². The van der Waals surface area contributed by atoms with Crippen LogP contribution in [0.2, 0.25) is 0 Å². The molecule has 1 aromatic rings. The van der Waals surface area contributed by atoms with E-state index in [9.17, 15) is 14.4 Å². The molecule has 1 aromatic carbocycles. The van der Waals surface area contributed by atoms with Crippen LogP contribution in [-0.4, -0.2) is 44.3 Å². The number of hydrogen-bond donors (Lipinski definition) is 2. The number of anilines is 1. The molecule has 0 spiro atoms. The molecule has 1 aliphatic rings. The van der Waals surface area contributed by atoms with Crippen molar-refractivity contribution in [3.63, 3.8) is 0 Å². The molecule has 24 heavy (non-hydrogen) atoms. The lowest BCUT2D eigenvalue weighted by molar-refractivity contribution is -0.140. The third-order valence-electron chi connectivity index (χ3n) is 3.14. The number of carbonyl (C=O) groups is 3. The van der Waals surface area contributed by atoms with Gasteiger partial charge in [-0.1, -0.05) is 0 Å². The summed E-state index contributed by atoms with van der Waals surface area (Å²) in [5.74, 6) is -0.537. The lowest BCUT2D eigenvalue weighted by Gasteiger charge is -2.12. The van der Waals surface area contributed by atoms with Crippen LogP contribution in [0.25, 0.3) is 0 Å². The zero-order valence-corrected chi connectivity index (χ0v) is 13.3. The fourth-order valence-electron chi connectivity index (χ4n) is 1.95. The molecule has 0 aliphatic carbocycles. The van der Waals surface area contributed by atoms with Gasteiger partial charge in [0.1, 0.15) is 5.71 Å². The summed E-state index contributed by atoms with van der Waals surface area (Å²) in [7, 11) is 2.99. The molecule has 0 unspecified atom stereocenters. The zero-order chi connectivity index (χ0) is 17.5. The molecule has 0 atom stereocenters. The van der Waals surface area contributed by atoms with Gasteiger partial charge in [-0.15, -0.1) is 0 Å². The molecule has 0 fully saturated rings. The lowest BCUT2D eigenvalue weighted by atomic mass is 10.2. The van der Waals surface area contributed by atoms with Gasteiger partial charge in [-0.25, -0.2) is 10.2 Å². The van der Waals surface area contributed by atoms with Crippen LogP contribution in [0.4, 0.5) is 5.69 Å². The molecule has 2 N–H and O–H groups in total. The van der Waals surface area contributed by atoms with E-state index < -0.39 is 18.5 Å². The Morgan fingerprint density at radius 2 is 1.96 bits per heavy atom. The summed E-state index contributed by atoms with van der Waals surface area (Å²) in [5.41, 5.74) is 2.73. The van der Waals surface area contributed by atoms with E-state index in [-0.39, 0.29) is 24.5 Å². The fourth-order valence-corrected chi connectivity index (χ4v) is 1.95. The molecule has 0 saturated heterocycles. The van der Waals surface area contributed by atoms with Gasteiger partial charge in [0.2, 0.25) is 5.91 Å². The van der Waals surface area contributed by atoms with Crippen molar-refractivity contribution in [1.82, 2.24) is 5.43 Å². The maximum Gasteiger partial charge on any atom is 0.355 e. The number of methoxy groups -OCH3 is 2. The Bertz CT molecular complexity index is 686. The third kappa shape index (κ3) is 4.45. The van der Waals surface area contributed by atoms with E-state index in [0.717, 1.165) is 0 Å². The maximum absolute atomic E-state index is 11.8. The van der Waals surface area contributed by atoms with Crippen molar-refractivity contribution in [3.8, 4) is 11.5 Å². The van der Waals surface area contributed by atoms with E-state index in [1.54, 1.807) is 18.2 Å². The predicted octanol–water partition coefficient (Wildman–Crippen LogP) is 0.451. The van der Waals surface area contributed by atoms with Crippen molar-refractivity contribution in [3.05, 3.63) is 18.2 Å². The average Bonchev–Trinajstić information content (AvgIpc) is 2.60. The van der Waals surface area contributed by atoms with Crippen molar-refractivity contribution >= 4 is 29.2 Å². The first-order valence-electron chi connectivity index (χ1n) is 7.08. The highest BCUT2D eigenvalue weighted by molar-refractivity contribution is 6.37. The van der Waals surface area contributed by atoms with Crippen LogP contribution in [0.1, 0.15) is 12.8 Å². The van der Waals surface area contributed by atoms with Gasteiger partial charge in [0.25, 0.3) is 5.91 Å². The van der Waals surface area contributed by atoms with Crippen LogP contribution in [0.5, 0.6) is 11.5 Å². The minimum atomic E-state index is -0.738. The molecule has 1 heterocycles. The molecule has 0 saturated carbocycles. The number of nitrogens with one attached hydrogen (secondary N) is 2. The summed E-state index contributed by atoms with van der Waals surface area (Å²) in [6.07, 6.45) is 0.341. The van der Waals surface area contributed by atoms with Gasteiger partial charge in [0.15, 0.2) is 18.1 Å². The maximum atomic E-state index is 11.8. The summed E-state index contributed by atoms with van der Waals surface area (Å²) in [5, 5.41) is 6.17. The SMILES string of the molecule is COc1ccc(NC(=O)COC(=O)C2=NNC(=O)CC2)cc1OC. The summed E-state index contributed by atoms with van der Waals surface area (Å²) < 4.78 is 15.1. The number of esters is 1. The summed E-state index contributed by atoms with van der Waals surface area (Å²) >= 11 is 0. The van der Waals surface area contributed by atoms with Crippen molar-refractivity contribution in [2.45, 2.75) is 12.8 Å². The molecule has 2 amide bonds. The molecule has 9 heteroatoms. The highest BCUT2D eigenvalue weighted by Gasteiger charge is 2.20. The topological polar surface area (TPSA) is 115 Å². The molecule has 128 valence electrons. The third-order valence-corrected chi connectivity index (χ3v) is 3.14. The fraction of sp³-hybridized carbons (Fsp3) is 0.333. The molecular formula is C15H17N3O6. The van der Waals surface area contributed by atoms with Crippen molar-refractivity contribution < 1.29 is 28.6 Å². The van der Waals surface area contributed by atoms with E-state index in [0.29, 0.717) is 17.2 Å². The van der Waals surface area contributed by atoms with Gasteiger partial charge in [0.05, 0.1) is 14.2 Å². The zero-order valence-electron chi connectivity index (χ0n) is 13.3. The Morgan fingerprint density at radius 1 is 1.21 bits per heavy atom. The van der Waals surface area contributed by atoms with E-state index in [1.807, 2.05) is 0 Å². The second-order valence-corrected chi connectivity index (χ2v) is 4.79. The molecule has 2 rings (SSSR count). The average molecular weight is 335 g/mol. The predicted molar refractivity (Wildman–Crippen MR) is 83.9 cm³/mol. The normalized spacial score (nSPS) is 13.4. The minimum Gasteiger partial charge on any atom is -0.493 e. The number of hydrogen-bond acceptors (Lipinski definition) is 7. The first kappa shape index (κ1) is 17.3. The molecular weight excluding hydrogens is 318 g/mol. The number of benzene rings is 1. The number of hydrazone groups is 1. The number of rotatable bonds is 6. The highest BCUT2D eigenvalue weighted by atomic mass is 16.5. The Kier molecular flexibility index (Phi) is 5.72. The quantitative estimate of drug-likeness (QED) is 0.729.